The number of allylic oxidation sites excluding steroid dienone is 1. The molecule has 2 fully saturated rings. The fourth-order valence-corrected chi connectivity index (χ4v) is 6.55. The lowest BCUT2D eigenvalue weighted by Crippen LogP contribution is -2.48. The van der Waals surface area contributed by atoms with Gasteiger partial charge in [-0.1, -0.05) is 35.9 Å². The second-order valence-electron chi connectivity index (χ2n) is 11.4. The summed E-state index contributed by atoms with van der Waals surface area (Å²) in [4.78, 5) is 51.2. The number of rotatable bonds is 7. The van der Waals surface area contributed by atoms with Gasteiger partial charge >= 0.3 is 6.03 Å². The Bertz CT molecular complexity index is 1460. The molecule has 3 heterocycles. The number of unbranched alkanes of at least 4 members (excludes halogenated alkanes) is 1. The zero-order valence-electron chi connectivity index (χ0n) is 23.4. The maximum absolute atomic E-state index is 13.0. The number of piperidine rings is 2. The number of urea groups is 1. The van der Waals surface area contributed by atoms with E-state index < -0.39 is 5.92 Å². The molecular formula is C32H34ClN3O6. The molecule has 3 aliphatic heterocycles. The van der Waals surface area contributed by atoms with E-state index >= 15 is 0 Å². The summed E-state index contributed by atoms with van der Waals surface area (Å²) in [6.07, 6.45) is 5.78. The SMILES string of the molecule is O=C1CCC(/C=C2\Cc3c(OCCCCNC(=O)N4CCC5(CC4)OCc4ccc(Cl)cc45)cccc3C2=O)C(=O)N1. The highest BCUT2D eigenvalue weighted by Gasteiger charge is 2.43. The van der Waals surface area contributed by atoms with Gasteiger partial charge in [-0.25, -0.2) is 4.79 Å². The van der Waals surface area contributed by atoms with E-state index in [1.807, 2.05) is 29.2 Å². The second-order valence-corrected chi connectivity index (χ2v) is 11.8. The van der Waals surface area contributed by atoms with Crippen LogP contribution >= 0.6 is 11.6 Å². The monoisotopic (exact) mass is 591 g/mol. The number of ketones is 1. The van der Waals surface area contributed by atoms with Crippen LogP contribution in [-0.4, -0.2) is 54.8 Å². The van der Waals surface area contributed by atoms with Crippen LogP contribution in [0.2, 0.25) is 5.02 Å². The van der Waals surface area contributed by atoms with E-state index in [0.717, 1.165) is 36.8 Å². The first-order chi connectivity index (χ1) is 20.3. The number of fused-ring (bicyclic) bond motifs is 3. The maximum Gasteiger partial charge on any atom is 0.317 e. The van der Waals surface area contributed by atoms with Crippen molar-refractivity contribution in [3.05, 3.63) is 75.3 Å². The predicted molar refractivity (Wildman–Crippen MR) is 155 cm³/mol. The van der Waals surface area contributed by atoms with E-state index in [1.54, 1.807) is 18.2 Å². The van der Waals surface area contributed by atoms with Crippen molar-refractivity contribution in [3.8, 4) is 5.75 Å². The molecule has 10 heteroatoms. The lowest BCUT2D eigenvalue weighted by Gasteiger charge is -2.39. The van der Waals surface area contributed by atoms with Gasteiger partial charge < -0.3 is 19.7 Å². The molecule has 4 amide bonds. The predicted octanol–water partition coefficient (Wildman–Crippen LogP) is 4.45. The summed E-state index contributed by atoms with van der Waals surface area (Å²) in [5.74, 6) is -0.542. The molecule has 9 nitrogen and oxygen atoms in total. The minimum absolute atomic E-state index is 0.0650. The van der Waals surface area contributed by atoms with Gasteiger partial charge in [-0.2, -0.15) is 0 Å². The summed E-state index contributed by atoms with van der Waals surface area (Å²) < 4.78 is 12.2. The first kappa shape index (κ1) is 28.4. The minimum atomic E-state index is -0.478. The number of carbonyl (C=O) groups excluding carboxylic acids is 4. The van der Waals surface area contributed by atoms with Crippen molar-refractivity contribution in [3.63, 3.8) is 0 Å². The Labute approximate surface area is 249 Å². The second kappa shape index (κ2) is 11.9. The summed E-state index contributed by atoms with van der Waals surface area (Å²) in [5, 5.41) is 6.07. The lowest BCUT2D eigenvalue weighted by molar-refractivity contribution is -0.135. The van der Waals surface area contributed by atoms with Crippen molar-refractivity contribution in [1.29, 1.82) is 0 Å². The molecule has 0 bridgehead atoms. The molecule has 1 aliphatic carbocycles. The number of halogens is 1. The molecule has 4 aliphatic rings. The molecule has 42 heavy (non-hydrogen) atoms. The van der Waals surface area contributed by atoms with Crippen molar-refractivity contribution in [2.45, 2.75) is 57.2 Å². The van der Waals surface area contributed by atoms with Gasteiger partial charge in [0.15, 0.2) is 5.78 Å². The fourth-order valence-electron chi connectivity index (χ4n) is 6.38. The van der Waals surface area contributed by atoms with Crippen molar-refractivity contribution < 1.29 is 28.7 Å². The van der Waals surface area contributed by atoms with Crippen LogP contribution in [0.1, 0.15) is 65.6 Å². The van der Waals surface area contributed by atoms with Crippen LogP contribution < -0.4 is 15.4 Å². The molecule has 2 N–H and O–H groups in total. The number of benzene rings is 2. The van der Waals surface area contributed by atoms with Crippen LogP contribution in [0.25, 0.3) is 0 Å². The summed E-state index contributed by atoms with van der Waals surface area (Å²) in [5.41, 5.74) is 3.97. The van der Waals surface area contributed by atoms with Crippen molar-refractivity contribution in [2.75, 3.05) is 26.2 Å². The van der Waals surface area contributed by atoms with Crippen molar-refractivity contribution in [1.82, 2.24) is 15.5 Å². The van der Waals surface area contributed by atoms with Gasteiger partial charge in [-0.15, -0.1) is 0 Å². The van der Waals surface area contributed by atoms with E-state index in [9.17, 15) is 19.2 Å². The Balaban J connectivity index is 0.936. The molecular weight excluding hydrogens is 558 g/mol. The number of carbonyl (C=O) groups is 4. The Morgan fingerprint density at radius 1 is 1.17 bits per heavy atom. The zero-order valence-corrected chi connectivity index (χ0v) is 24.1. The third-order valence-corrected chi connectivity index (χ3v) is 8.99. The van der Waals surface area contributed by atoms with Crippen molar-refractivity contribution in [2.24, 2.45) is 5.92 Å². The number of imide groups is 1. The van der Waals surface area contributed by atoms with E-state index in [2.05, 4.69) is 10.6 Å². The number of likely N-dealkylation sites (tertiary alicyclic amines) is 1. The summed E-state index contributed by atoms with van der Waals surface area (Å²) in [6.45, 7) is 2.84. The number of hydrogen-bond donors (Lipinski definition) is 2. The highest BCUT2D eigenvalue weighted by Crippen LogP contribution is 2.45. The smallest absolute Gasteiger partial charge is 0.317 e. The Morgan fingerprint density at radius 3 is 2.81 bits per heavy atom. The van der Waals surface area contributed by atoms with Gasteiger partial charge in [-0.3, -0.25) is 19.7 Å². The topological polar surface area (TPSA) is 114 Å². The number of ether oxygens (including phenoxy) is 2. The molecule has 1 unspecified atom stereocenters. The highest BCUT2D eigenvalue weighted by molar-refractivity contribution is 6.30. The summed E-state index contributed by atoms with van der Waals surface area (Å²) in [6, 6.07) is 11.3. The summed E-state index contributed by atoms with van der Waals surface area (Å²) in [7, 11) is 0. The molecule has 0 saturated carbocycles. The van der Waals surface area contributed by atoms with Gasteiger partial charge in [0, 0.05) is 54.2 Å². The fraction of sp³-hybridized carbons (Fsp3) is 0.438. The summed E-state index contributed by atoms with van der Waals surface area (Å²) >= 11 is 6.23. The van der Waals surface area contributed by atoms with Gasteiger partial charge in [0.2, 0.25) is 11.8 Å². The third-order valence-electron chi connectivity index (χ3n) is 8.75. The first-order valence-electron chi connectivity index (χ1n) is 14.6. The van der Waals surface area contributed by atoms with Gasteiger partial charge in [0.05, 0.1) is 24.7 Å². The Hall–Kier alpha value is -3.69. The van der Waals surface area contributed by atoms with Crippen LogP contribution in [0.4, 0.5) is 4.79 Å². The van der Waals surface area contributed by atoms with E-state index in [4.69, 9.17) is 21.1 Å². The van der Waals surface area contributed by atoms with E-state index in [0.29, 0.717) is 67.6 Å². The highest BCUT2D eigenvalue weighted by atomic mass is 35.5. The molecule has 6 rings (SSSR count). The van der Waals surface area contributed by atoms with Crippen LogP contribution in [0.15, 0.2) is 48.0 Å². The number of nitrogens with zero attached hydrogens (tertiary/aromatic N) is 1. The normalized spacial score (nSPS) is 21.8. The number of Topliss-reactive ketones (excluding diaryl/α,β-unsaturated/α-hetero) is 1. The number of amides is 4. The zero-order chi connectivity index (χ0) is 29.3. The third kappa shape index (κ3) is 5.68. The molecule has 1 atom stereocenters. The first-order valence-corrected chi connectivity index (χ1v) is 15.0. The molecule has 220 valence electrons. The molecule has 2 aromatic rings. The molecule has 0 aromatic heterocycles. The molecule has 2 aromatic carbocycles. The van der Waals surface area contributed by atoms with E-state index in [-0.39, 0.29) is 35.7 Å². The quantitative estimate of drug-likeness (QED) is 0.279. The molecule has 0 radical (unpaired) electrons. The molecule has 1 spiro atoms. The molecule has 2 saturated heterocycles. The standard InChI is InChI=1S/C32H34ClN3O6/c33-23-8-6-21-19-42-32(26(21)18-23)10-13-36(14-11-32)31(40)34-12-1-2-15-41-27-5-3-4-24-25(27)17-22(29(24)38)16-20-7-9-28(37)35-30(20)39/h3-6,8,16,18,20H,1-2,7,9-15,17,19H2,(H,34,40)(H,35,37,39)/b22-16+. The van der Waals surface area contributed by atoms with Crippen LogP contribution in [0, 0.1) is 5.92 Å². The van der Waals surface area contributed by atoms with Crippen LogP contribution in [0.5, 0.6) is 5.75 Å². The lowest BCUT2D eigenvalue weighted by atomic mass is 9.84. The van der Waals surface area contributed by atoms with Crippen molar-refractivity contribution >= 4 is 35.2 Å². The maximum atomic E-state index is 13.0. The number of hydrogen-bond acceptors (Lipinski definition) is 6. The number of nitrogens with one attached hydrogen (secondary N) is 2. The van der Waals surface area contributed by atoms with E-state index in [1.165, 1.54) is 5.56 Å². The van der Waals surface area contributed by atoms with Gasteiger partial charge in [0.25, 0.3) is 0 Å². The van der Waals surface area contributed by atoms with Gasteiger partial charge in [-0.05, 0) is 61.4 Å². The van der Waals surface area contributed by atoms with Gasteiger partial charge in [0.1, 0.15) is 5.75 Å². The largest absolute Gasteiger partial charge is 0.493 e. The van der Waals surface area contributed by atoms with Crippen LogP contribution in [-0.2, 0) is 33.0 Å². The van der Waals surface area contributed by atoms with Crippen LogP contribution in [0.3, 0.4) is 0 Å². The Morgan fingerprint density at radius 2 is 2.00 bits per heavy atom. The average Bonchev–Trinajstić information content (AvgIpc) is 3.49. The minimum Gasteiger partial charge on any atom is -0.493 e. The Kier molecular flexibility index (Phi) is 8.05. The average molecular weight is 592 g/mol.